The van der Waals surface area contributed by atoms with Crippen molar-refractivity contribution in [2.24, 2.45) is 5.10 Å². The van der Waals surface area contributed by atoms with Crippen molar-refractivity contribution in [2.75, 3.05) is 44.9 Å². The molecule has 4 rings (SSSR count). The Labute approximate surface area is 204 Å². The van der Waals surface area contributed by atoms with E-state index in [1.54, 1.807) is 14.2 Å². The van der Waals surface area contributed by atoms with Gasteiger partial charge in [-0.1, -0.05) is 30.3 Å². The molecule has 0 unspecified atom stereocenters. The lowest BCUT2D eigenvalue weighted by Crippen LogP contribution is -2.36. The van der Waals surface area contributed by atoms with Crippen LogP contribution in [0, 0.1) is 0 Å². The lowest BCUT2D eigenvalue weighted by Gasteiger charge is -2.25. The lowest BCUT2D eigenvalue weighted by molar-refractivity contribution is -0.117. The summed E-state index contributed by atoms with van der Waals surface area (Å²) in [5, 5.41) is 8.96. The standard InChI is InChI=1S/C25H30N4O4S/c1-32-22-10-9-19(14-23(22)33-2)21-17-34-25(31)29(27-21)15-18-7-6-8-20(13-18)26-24(30)16-28-11-4-3-5-12-28/h6-10,13-14H,3-5,11-12,15-17H2,1-2H3,(H,26,30). The molecular formula is C25H30N4O4S. The van der Waals surface area contributed by atoms with Crippen LogP contribution in [0.5, 0.6) is 11.5 Å². The molecule has 1 fully saturated rings. The number of hydrazone groups is 1. The molecule has 0 aliphatic carbocycles. The van der Waals surface area contributed by atoms with Gasteiger partial charge in [-0.2, -0.15) is 5.10 Å². The minimum absolute atomic E-state index is 0.0163. The molecule has 9 heteroatoms. The monoisotopic (exact) mass is 482 g/mol. The van der Waals surface area contributed by atoms with E-state index in [4.69, 9.17) is 9.47 Å². The Bertz CT molecular complexity index is 1070. The molecular weight excluding hydrogens is 452 g/mol. The number of nitrogens with zero attached hydrogens (tertiary/aromatic N) is 3. The summed E-state index contributed by atoms with van der Waals surface area (Å²) >= 11 is 1.21. The zero-order valence-electron chi connectivity index (χ0n) is 19.6. The number of carbonyl (C=O) groups is 2. The van der Waals surface area contributed by atoms with Gasteiger partial charge in [-0.25, -0.2) is 5.01 Å². The fourth-order valence-corrected chi connectivity index (χ4v) is 4.86. The number of benzene rings is 2. The Morgan fingerprint density at radius 2 is 1.85 bits per heavy atom. The molecule has 0 bridgehead atoms. The summed E-state index contributed by atoms with van der Waals surface area (Å²) in [5.74, 6) is 1.72. The van der Waals surface area contributed by atoms with Gasteiger partial charge in [-0.3, -0.25) is 14.5 Å². The third-order valence-corrected chi connectivity index (χ3v) is 6.74. The van der Waals surface area contributed by atoms with Crippen molar-refractivity contribution in [1.82, 2.24) is 9.91 Å². The van der Waals surface area contributed by atoms with Crippen LogP contribution < -0.4 is 14.8 Å². The number of rotatable bonds is 8. The Morgan fingerprint density at radius 3 is 2.62 bits per heavy atom. The summed E-state index contributed by atoms with van der Waals surface area (Å²) in [6.07, 6.45) is 3.54. The highest BCUT2D eigenvalue weighted by molar-refractivity contribution is 8.14. The number of ether oxygens (including phenoxy) is 2. The van der Waals surface area contributed by atoms with Gasteiger partial charge in [-0.05, 0) is 61.8 Å². The summed E-state index contributed by atoms with van der Waals surface area (Å²) < 4.78 is 10.7. The molecule has 8 nitrogen and oxygen atoms in total. The van der Waals surface area contributed by atoms with Crippen molar-refractivity contribution in [1.29, 1.82) is 0 Å². The van der Waals surface area contributed by atoms with Crippen LogP contribution in [0.3, 0.4) is 0 Å². The van der Waals surface area contributed by atoms with E-state index in [1.807, 2.05) is 42.5 Å². The zero-order valence-corrected chi connectivity index (χ0v) is 20.4. The van der Waals surface area contributed by atoms with E-state index in [-0.39, 0.29) is 11.1 Å². The number of likely N-dealkylation sites (tertiary alicyclic amines) is 1. The van der Waals surface area contributed by atoms with Crippen LogP contribution in [-0.2, 0) is 11.3 Å². The molecule has 2 aromatic carbocycles. The second-order valence-corrected chi connectivity index (χ2v) is 9.24. The van der Waals surface area contributed by atoms with Gasteiger partial charge in [-0.15, -0.1) is 0 Å². The third kappa shape index (κ3) is 6.09. The largest absolute Gasteiger partial charge is 0.493 e. The Morgan fingerprint density at radius 1 is 1.06 bits per heavy atom. The van der Waals surface area contributed by atoms with Crippen LogP contribution >= 0.6 is 11.8 Å². The van der Waals surface area contributed by atoms with E-state index < -0.39 is 0 Å². The summed E-state index contributed by atoms with van der Waals surface area (Å²) in [6, 6.07) is 13.2. The second-order valence-electron chi connectivity index (χ2n) is 8.31. The van der Waals surface area contributed by atoms with Gasteiger partial charge >= 0.3 is 5.24 Å². The maximum atomic E-state index is 12.5. The van der Waals surface area contributed by atoms with Crippen molar-refractivity contribution >= 4 is 34.3 Å². The molecule has 2 heterocycles. The van der Waals surface area contributed by atoms with E-state index in [0.717, 1.165) is 48.5 Å². The molecule has 34 heavy (non-hydrogen) atoms. The summed E-state index contributed by atoms with van der Waals surface area (Å²) in [5.41, 5.74) is 3.28. The number of thioether (sulfide) groups is 1. The Balaban J connectivity index is 1.44. The highest BCUT2D eigenvalue weighted by Crippen LogP contribution is 2.30. The fraction of sp³-hybridized carbons (Fsp3) is 0.400. The van der Waals surface area contributed by atoms with Crippen molar-refractivity contribution in [3.05, 3.63) is 53.6 Å². The molecule has 0 spiro atoms. The van der Waals surface area contributed by atoms with Crippen LogP contribution in [-0.4, -0.2) is 66.4 Å². The number of anilines is 1. The maximum absolute atomic E-state index is 12.5. The molecule has 180 valence electrons. The minimum Gasteiger partial charge on any atom is -0.493 e. The molecule has 2 aliphatic rings. The topological polar surface area (TPSA) is 83.5 Å². The van der Waals surface area contributed by atoms with E-state index in [2.05, 4.69) is 15.3 Å². The molecule has 0 aromatic heterocycles. The Hall–Kier alpha value is -3.04. The maximum Gasteiger partial charge on any atom is 0.302 e. The second kappa shape index (κ2) is 11.4. The minimum atomic E-state index is -0.108. The van der Waals surface area contributed by atoms with Crippen LogP contribution in [0.25, 0.3) is 0 Å². The molecule has 0 radical (unpaired) electrons. The van der Waals surface area contributed by atoms with Crippen molar-refractivity contribution in [2.45, 2.75) is 25.8 Å². The van der Waals surface area contributed by atoms with E-state index in [1.165, 1.54) is 23.2 Å². The van der Waals surface area contributed by atoms with Crippen molar-refractivity contribution in [3.8, 4) is 11.5 Å². The van der Waals surface area contributed by atoms with Gasteiger partial charge < -0.3 is 14.8 Å². The average molecular weight is 483 g/mol. The summed E-state index contributed by atoms with van der Waals surface area (Å²) in [6.45, 7) is 2.67. The number of methoxy groups -OCH3 is 2. The number of amides is 2. The highest BCUT2D eigenvalue weighted by atomic mass is 32.2. The summed E-state index contributed by atoms with van der Waals surface area (Å²) in [4.78, 5) is 27.2. The highest BCUT2D eigenvalue weighted by Gasteiger charge is 2.23. The molecule has 1 saturated heterocycles. The van der Waals surface area contributed by atoms with Crippen LogP contribution in [0.1, 0.15) is 30.4 Å². The third-order valence-electron chi connectivity index (χ3n) is 5.86. The molecule has 2 amide bonds. The van der Waals surface area contributed by atoms with Gasteiger partial charge in [0.1, 0.15) is 0 Å². The fourth-order valence-electron chi connectivity index (χ4n) is 4.12. The molecule has 2 aliphatic heterocycles. The number of nitrogens with one attached hydrogen (secondary N) is 1. The predicted octanol–water partition coefficient (Wildman–Crippen LogP) is 4.20. The van der Waals surface area contributed by atoms with Gasteiger partial charge in [0, 0.05) is 17.0 Å². The number of hydrogen-bond acceptors (Lipinski definition) is 7. The van der Waals surface area contributed by atoms with Gasteiger partial charge in [0.2, 0.25) is 5.91 Å². The SMILES string of the molecule is COc1ccc(C2=NN(Cc3cccc(NC(=O)CN4CCCCC4)c3)C(=O)SC2)cc1OC. The van der Waals surface area contributed by atoms with E-state index in [9.17, 15) is 9.59 Å². The van der Waals surface area contributed by atoms with Crippen LogP contribution in [0.15, 0.2) is 47.6 Å². The normalized spacial score (nSPS) is 16.7. The van der Waals surface area contributed by atoms with Crippen LogP contribution in [0.4, 0.5) is 10.5 Å². The quantitative estimate of drug-likeness (QED) is 0.607. The predicted molar refractivity (Wildman–Crippen MR) is 135 cm³/mol. The Kier molecular flexibility index (Phi) is 8.08. The first-order valence-corrected chi connectivity index (χ1v) is 12.4. The van der Waals surface area contributed by atoms with E-state index >= 15 is 0 Å². The molecule has 1 N–H and O–H groups in total. The smallest absolute Gasteiger partial charge is 0.302 e. The zero-order chi connectivity index (χ0) is 23.9. The number of hydrogen-bond donors (Lipinski definition) is 1. The number of carbonyl (C=O) groups excluding carboxylic acids is 2. The van der Waals surface area contributed by atoms with E-state index in [0.29, 0.717) is 30.3 Å². The van der Waals surface area contributed by atoms with Gasteiger partial charge in [0.25, 0.3) is 0 Å². The van der Waals surface area contributed by atoms with Crippen molar-refractivity contribution in [3.63, 3.8) is 0 Å². The summed E-state index contributed by atoms with van der Waals surface area (Å²) in [7, 11) is 3.18. The number of piperidine rings is 1. The first kappa shape index (κ1) is 24.1. The lowest BCUT2D eigenvalue weighted by atomic mass is 10.1. The van der Waals surface area contributed by atoms with Crippen molar-refractivity contribution < 1.29 is 19.1 Å². The first-order chi connectivity index (χ1) is 16.6. The van der Waals surface area contributed by atoms with Gasteiger partial charge in [0.15, 0.2) is 11.5 Å². The van der Waals surface area contributed by atoms with Crippen LogP contribution in [0.2, 0.25) is 0 Å². The molecule has 0 saturated carbocycles. The first-order valence-electron chi connectivity index (χ1n) is 11.4. The molecule has 0 atom stereocenters. The molecule has 2 aromatic rings. The average Bonchev–Trinajstić information content (AvgIpc) is 2.85. The van der Waals surface area contributed by atoms with Gasteiger partial charge in [0.05, 0.1) is 33.0 Å².